The number of rotatable bonds is 0. The molecule has 0 aromatic rings. The van der Waals surface area contributed by atoms with Crippen LogP contribution in [0.5, 0.6) is 0 Å². The van der Waals surface area contributed by atoms with Crippen LogP contribution in [0, 0.1) is 5.92 Å². The lowest BCUT2D eigenvalue weighted by molar-refractivity contribution is 0.257. The molecule has 1 aliphatic carbocycles. The molecule has 2 aliphatic rings. The van der Waals surface area contributed by atoms with Crippen LogP contribution in [0.3, 0.4) is 0 Å². The molecular weight excluding hydrogens is 160 g/mol. The Morgan fingerprint density at radius 3 is 3.00 bits per heavy atom. The van der Waals surface area contributed by atoms with Crippen LogP contribution >= 0.6 is 0 Å². The summed E-state index contributed by atoms with van der Waals surface area (Å²) in [6.45, 7) is 0. The molecule has 0 radical (unpaired) electrons. The molecule has 0 amide bonds. The van der Waals surface area contributed by atoms with Crippen LogP contribution in [-0.4, -0.2) is 11.1 Å². The van der Waals surface area contributed by atoms with Crippen LogP contribution in [0.2, 0.25) is 0 Å². The predicted molar refractivity (Wildman–Crippen MR) is 54.6 cm³/mol. The lowest BCUT2D eigenvalue weighted by Crippen LogP contribution is -2.41. The van der Waals surface area contributed by atoms with Gasteiger partial charge in [0.05, 0.1) is 6.04 Å². The second-order valence-corrected chi connectivity index (χ2v) is 3.69. The Labute approximate surface area is 79.4 Å². The van der Waals surface area contributed by atoms with E-state index in [2.05, 4.69) is 30.4 Å². The van der Waals surface area contributed by atoms with Gasteiger partial charge in [0.2, 0.25) is 0 Å². The quantitative estimate of drug-likeness (QED) is 0.572. The van der Waals surface area contributed by atoms with Gasteiger partial charge in [-0.2, -0.15) is 0 Å². The third-order valence-corrected chi connectivity index (χ3v) is 2.75. The molecule has 2 rings (SSSR count). The second kappa shape index (κ2) is 3.79. The molecule has 0 bridgehead atoms. The molecule has 13 heavy (non-hydrogen) atoms. The van der Waals surface area contributed by atoms with Gasteiger partial charge in [0, 0.05) is 12.1 Å². The Hall–Kier alpha value is -1.02. The Morgan fingerprint density at radius 2 is 2.08 bits per heavy atom. The molecule has 2 heteroatoms. The van der Waals surface area contributed by atoms with Gasteiger partial charge in [-0.15, -0.1) is 0 Å². The van der Waals surface area contributed by atoms with E-state index in [1.807, 2.05) is 11.2 Å². The van der Waals surface area contributed by atoms with E-state index in [0.29, 0.717) is 12.0 Å². The summed E-state index contributed by atoms with van der Waals surface area (Å²) >= 11 is 0. The summed E-state index contributed by atoms with van der Waals surface area (Å²) in [5.74, 6) is 6.52. The van der Waals surface area contributed by atoms with Gasteiger partial charge in [0.25, 0.3) is 0 Å². The number of hydrogen-bond donors (Lipinski definition) is 1. The fraction of sp³-hybridized carbons (Fsp3) is 0.455. The predicted octanol–water partition coefficient (Wildman–Crippen LogP) is 1.97. The standard InChI is InChI=1S/C11H16N2/c12-13-9-5-1-2-6-10-7-3-4-8-11(10)13/h3-5,7-11H,1-2,6,12H2/b9-5-. The van der Waals surface area contributed by atoms with E-state index in [0.717, 1.165) is 6.42 Å². The molecule has 0 aromatic heterocycles. The molecule has 2 unspecified atom stereocenters. The highest BCUT2D eigenvalue weighted by atomic mass is 15.4. The second-order valence-electron chi connectivity index (χ2n) is 3.69. The van der Waals surface area contributed by atoms with Crippen molar-refractivity contribution >= 4 is 0 Å². The number of nitrogens with two attached hydrogens (primary N) is 1. The van der Waals surface area contributed by atoms with Gasteiger partial charge in [-0.25, -0.2) is 5.84 Å². The highest BCUT2D eigenvalue weighted by molar-refractivity contribution is 5.18. The number of allylic oxidation sites excluding steroid dienone is 3. The van der Waals surface area contributed by atoms with Crippen LogP contribution in [0.4, 0.5) is 0 Å². The molecule has 1 heterocycles. The number of hydrogen-bond acceptors (Lipinski definition) is 2. The van der Waals surface area contributed by atoms with Crippen molar-refractivity contribution in [2.75, 3.05) is 0 Å². The molecule has 70 valence electrons. The summed E-state index contributed by atoms with van der Waals surface area (Å²) in [5, 5.41) is 1.82. The third kappa shape index (κ3) is 1.83. The van der Waals surface area contributed by atoms with E-state index in [4.69, 9.17) is 5.84 Å². The van der Waals surface area contributed by atoms with Crippen molar-refractivity contribution in [1.29, 1.82) is 0 Å². The molecule has 2 N–H and O–H groups in total. The maximum absolute atomic E-state index is 5.92. The zero-order valence-electron chi connectivity index (χ0n) is 7.76. The SMILES string of the molecule is NN1/C=C\CCCC2C=CC=CC21. The van der Waals surface area contributed by atoms with Gasteiger partial charge in [0.15, 0.2) is 0 Å². The van der Waals surface area contributed by atoms with Crippen molar-refractivity contribution < 1.29 is 0 Å². The zero-order chi connectivity index (χ0) is 9.10. The molecule has 0 aromatic carbocycles. The monoisotopic (exact) mass is 176 g/mol. The van der Waals surface area contributed by atoms with Crippen LogP contribution in [0.25, 0.3) is 0 Å². The Bertz CT molecular complexity index is 253. The topological polar surface area (TPSA) is 29.3 Å². The fourth-order valence-electron chi connectivity index (χ4n) is 2.00. The van der Waals surface area contributed by atoms with E-state index in [1.165, 1.54) is 12.8 Å². The van der Waals surface area contributed by atoms with Gasteiger partial charge in [-0.3, -0.25) is 0 Å². The van der Waals surface area contributed by atoms with Gasteiger partial charge in [0.1, 0.15) is 0 Å². The molecule has 2 nitrogen and oxygen atoms in total. The average Bonchev–Trinajstić information content (AvgIpc) is 2.14. The van der Waals surface area contributed by atoms with Crippen LogP contribution < -0.4 is 5.84 Å². The summed E-state index contributed by atoms with van der Waals surface area (Å²) in [7, 11) is 0. The first kappa shape index (κ1) is 8.57. The van der Waals surface area contributed by atoms with E-state index >= 15 is 0 Å². The van der Waals surface area contributed by atoms with E-state index < -0.39 is 0 Å². The number of hydrazine groups is 1. The molecular formula is C11H16N2. The first-order chi connectivity index (χ1) is 6.38. The molecule has 0 fully saturated rings. The van der Waals surface area contributed by atoms with Crippen LogP contribution in [0.15, 0.2) is 36.6 Å². The first-order valence-corrected chi connectivity index (χ1v) is 4.92. The first-order valence-electron chi connectivity index (χ1n) is 4.92. The van der Waals surface area contributed by atoms with E-state index in [1.54, 1.807) is 0 Å². The smallest absolute Gasteiger partial charge is 0.0691 e. The molecule has 0 spiro atoms. The average molecular weight is 176 g/mol. The van der Waals surface area contributed by atoms with Crippen molar-refractivity contribution in [2.24, 2.45) is 11.8 Å². The van der Waals surface area contributed by atoms with Crippen molar-refractivity contribution in [3.05, 3.63) is 36.6 Å². The zero-order valence-corrected chi connectivity index (χ0v) is 7.76. The maximum Gasteiger partial charge on any atom is 0.0691 e. The maximum atomic E-state index is 5.92. The van der Waals surface area contributed by atoms with Crippen molar-refractivity contribution in [2.45, 2.75) is 25.3 Å². The van der Waals surface area contributed by atoms with E-state index in [9.17, 15) is 0 Å². The van der Waals surface area contributed by atoms with Gasteiger partial charge in [-0.1, -0.05) is 30.4 Å². The number of fused-ring (bicyclic) bond motifs is 1. The Morgan fingerprint density at radius 1 is 1.23 bits per heavy atom. The van der Waals surface area contributed by atoms with Crippen molar-refractivity contribution in [3.63, 3.8) is 0 Å². The molecule has 1 aliphatic heterocycles. The Kier molecular flexibility index (Phi) is 2.50. The van der Waals surface area contributed by atoms with Crippen molar-refractivity contribution in [1.82, 2.24) is 5.01 Å². The molecule has 0 saturated carbocycles. The summed E-state index contributed by atoms with van der Waals surface area (Å²) in [5.41, 5.74) is 0. The van der Waals surface area contributed by atoms with Gasteiger partial charge in [-0.05, 0) is 19.3 Å². The van der Waals surface area contributed by atoms with Crippen molar-refractivity contribution in [3.8, 4) is 0 Å². The lowest BCUT2D eigenvalue weighted by Gasteiger charge is -2.32. The van der Waals surface area contributed by atoms with E-state index in [-0.39, 0.29) is 0 Å². The minimum atomic E-state index is 0.363. The number of nitrogens with zero attached hydrogens (tertiary/aromatic N) is 1. The van der Waals surface area contributed by atoms with Crippen LogP contribution in [0.1, 0.15) is 19.3 Å². The van der Waals surface area contributed by atoms with Gasteiger partial charge >= 0.3 is 0 Å². The molecule has 0 saturated heterocycles. The summed E-state index contributed by atoms with van der Waals surface area (Å²) < 4.78 is 0. The third-order valence-electron chi connectivity index (χ3n) is 2.75. The largest absolute Gasteiger partial charge is 0.311 e. The molecule has 2 atom stereocenters. The minimum absolute atomic E-state index is 0.363. The Balaban J connectivity index is 2.17. The highest BCUT2D eigenvalue weighted by Crippen LogP contribution is 2.24. The summed E-state index contributed by atoms with van der Waals surface area (Å²) in [6, 6.07) is 0.363. The summed E-state index contributed by atoms with van der Waals surface area (Å²) in [6.07, 6.45) is 16.5. The minimum Gasteiger partial charge on any atom is -0.311 e. The highest BCUT2D eigenvalue weighted by Gasteiger charge is 2.21. The lowest BCUT2D eigenvalue weighted by atomic mass is 9.89. The fourth-order valence-corrected chi connectivity index (χ4v) is 2.00. The summed E-state index contributed by atoms with van der Waals surface area (Å²) in [4.78, 5) is 0. The van der Waals surface area contributed by atoms with Gasteiger partial charge < -0.3 is 5.01 Å². The van der Waals surface area contributed by atoms with Crippen LogP contribution in [-0.2, 0) is 0 Å². The normalized spacial score (nSPS) is 35.0.